The fraction of sp³-hybridized carbons (Fsp3) is 0.0625. The molecule has 1 heterocycles. The van der Waals surface area contributed by atoms with Crippen molar-refractivity contribution in [3.63, 3.8) is 0 Å². The third kappa shape index (κ3) is 2.68. The molecule has 0 fully saturated rings. The van der Waals surface area contributed by atoms with E-state index in [0.717, 1.165) is 5.56 Å². The Morgan fingerprint density at radius 2 is 1.86 bits per heavy atom. The molecule has 3 aromatic rings. The maximum absolute atomic E-state index is 13.3. The van der Waals surface area contributed by atoms with Gasteiger partial charge in [0.15, 0.2) is 5.76 Å². The molecular weight excluding hydrogens is 293 g/mol. The van der Waals surface area contributed by atoms with Gasteiger partial charge in [0, 0.05) is 16.1 Å². The molecule has 0 spiro atoms. The Kier molecular flexibility index (Phi) is 3.73. The van der Waals surface area contributed by atoms with Crippen LogP contribution in [0.4, 0.5) is 4.39 Å². The second-order valence-electron chi connectivity index (χ2n) is 4.52. The van der Waals surface area contributed by atoms with E-state index >= 15 is 0 Å². The van der Waals surface area contributed by atoms with Gasteiger partial charge in [0.25, 0.3) is 0 Å². The van der Waals surface area contributed by atoms with Crippen molar-refractivity contribution in [3.05, 3.63) is 64.9 Å². The summed E-state index contributed by atoms with van der Waals surface area (Å²) in [7, 11) is 0. The molecule has 106 valence electrons. The molecule has 3 rings (SSSR count). The number of hydrogen-bond acceptors (Lipinski definition) is 3. The van der Waals surface area contributed by atoms with Crippen LogP contribution in [0.5, 0.6) is 0 Å². The van der Waals surface area contributed by atoms with Gasteiger partial charge in [-0.3, -0.25) is 0 Å². The van der Waals surface area contributed by atoms with Gasteiger partial charge in [-0.15, -0.1) is 0 Å². The van der Waals surface area contributed by atoms with E-state index < -0.39 is 0 Å². The van der Waals surface area contributed by atoms with Crippen molar-refractivity contribution >= 4 is 11.6 Å². The van der Waals surface area contributed by atoms with Crippen LogP contribution in [0.3, 0.4) is 0 Å². The van der Waals surface area contributed by atoms with Gasteiger partial charge in [-0.05, 0) is 24.3 Å². The molecule has 0 atom stereocenters. The van der Waals surface area contributed by atoms with E-state index in [4.69, 9.17) is 16.1 Å². The molecule has 0 amide bonds. The van der Waals surface area contributed by atoms with Crippen LogP contribution in [0.1, 0.15) is 5.56 Å². The minimum Gasteiger partial charge on any atom is -0.391 e. The number of aromatic nitrogens is 1. The van der Waals surface area contributed by atoms with Gasteiger partial charge in [-0.25, -0.2) is 4.39 Å². The van der Waals surface area contributed by atoms with Crippen LogP contribution in [-0.2, 0) is 6.61 Å². The van der Waals surface area contributed by atoms with E-state index in [2.05, 4.69) is 5.16 Å². The largest absolute Gasteiger partial charge is 0.391 e. The van der Waals surface area contributed by atoms with Crippen molar-refractivity contribution < 1.29 is 14.0 Å². The first kappa shape index (κ1) is 13.8. The molecular formula is C16H11ClFNO2. The molecule has 1 aromatic heterocycles. The predicted octanol–water partition coefficient (Wildman–Crippen LogP) is 4.29. The van der Waals surface area contributed by atoms with Crippen molar-refractivity contribution in [2.75, 3.05) is 0 Å². The molecule has 0 aliphatic carbocycles. The van der Waals surface area contributed by atoms with Crippen LogP contribution in [-0.4, -0.2) is 10.3 Å². The predicted molar refractivity (Wildman–Crippen MR) is 78.3 cm³/mol. The van der Waals surface area contributed by atoms with Crippen LogP contribution in [0.25, 0.3) is 22.6 Å². The average Bonchev–Trinajstić information content (AvgIpc) is 2.91. The molecule has 0 radical (unpaired) electrons. The fourth-order valence-electron chi connectivity index (χ4n) is 2.18. The maximum Gasteiger partial charge on any atom is 0.173 e. The summed E-state index contributed by atoms with van der Waals surface area (Å²) in [5.41, 5.74) is 2.26. The van der Waals surface area contributed by atoms with Gasteiger partial charge < -0.3 is 9.63 Å². The van der Waals surface area contributed by atoms with Crippen LogP contribution in [0.15, 0.2) is 53.1 Å². The lowest BCUT2D eigenvalue weighted by molar-refractivity contribution is 0.281. The third-order valence-electron chi connectivity index (χ3n) is 3.13. The van der Waals surface area contributed by atoms with Crippen LogP contribution in [0.2, 0.25) is 5.02 Å². The van der Waals surface area contributed by atoms with Crippen molar-refractivity contribution in [1.82, 2.24) is 5.16 Å². The number of aliphatic hydroxyl groups excluding tert-OH is 1. The first-order valence-electron chi connectivity index (χ1n) is 6.30. The second kappa shape index (κ2) is 5.68. The van der Waals surface area contributed by atoms with Crippen molar-refractivity contribution in [3.8, 4) is 22.6 Å². The number of nitrogens with zero attached hydrogens (tertiary/aromatic N) is 1. The molecule has 21 heavy (non-hydrogen) atoms. The van der Waals surface area contributed by atoms with Crippen molar-refractivity contribution in [2.24, 2.45) is 0 Å². The molecule has 2 aromatic carbocycles. The number of halogens is 2. The minimum absolute atomic E-state index is 0.267. The monoisotopic (exact) mass is 303 g/mol. The lowest BCUT2D eigenvalue weighted by atomic mass is 10.0. The van der Waals surface area contributed by atoms with E-state index in [1.165, 1.54) is 12.1 Å². The van der Waals surface area contributed by atoms with E-state index in [1.54, 1.807) is 30.3 Å². The standard InChI is InChI=1S/C16H11ClFNO2/c17-12-5-1-3-10(7-12)15-14(9-20)16(21-19-15)11-4-2-6-13(18)8-11/h1-8,20H,9H2. The highest BCUT2D eigenvalue weighted by Crippen LogP contribution is 2.33. The second-order valence-corrected chi connectivity index (χ2v) is 4.95. The summed E-state index contributed by atoms with van der Waals surface area (Å²) in [6.07, 6.45) is 0. The fourth-order valence-corrected chi connectivity index (χ4v) is 2.37. The molecule has 3 nitrogen and oxygen atoms in total. The van der Waals surface area contributed by atoms with Crippen molar-refractivity contribution in [1.29, 1.82) is 0 Å². The summed E-state index contributed by atoms with van der Waals surface area (Å²) in [5, 5.41) is 14.2. The van der Waals surface area contributed by atoms with Gasteiger partial charge in [0.2, 0.25) is 0 Å². The van der Waals surface area contributed by atoms with Crippen LogP contribution in [0, 0.1) is 5.82 Å². The van der Waals surface area contributed by atoms with Crippen LogP contribution >= 0.6 is 11.6 Å². The lowest BCUT2D eigenvalue weighted by Gasteiger charge is -2.02. The Morgan fingerprint density at radius 3 is 2.57 bits per heavy atom. The summed E-state index contributed by atoms with van der Waals surface area (Å²) < 4.78 is 18.6. The molecule has 5 heteroatoms. The zero-order valence-corrected chi connectivity index (χ0v) is 11.6. The normalized spacial score (nSPS) is 10.8. The summed E-state index contributed by atoms with van der Waals surface area (Å²) >= 11 is 5.96. The van der Waals surface area contributed by atoms with Gasteiger partial charge in [-0.1, -0.05) is 41.0 Å². The zero-order valence-electron chi connectivity index (χ0n) is 10.9. The Balaban J connectivity index is 2.13. The number of benzene rings is 2. The van der Waals surface area contributed by atoms with E-state index in [9.17, 15) is 9.50 Å². The molecule has 0 aliphatic rings. The Bertz CT molecular complexity index is 722. The Labute approximate surface area is 125 Å². The number of rotatable bonds is 3. The highest BCUT2D eigenvalue weighted by Gasteiger charge is 2.18. The van der Waals surface area contributed by atoms with Gasteiger partial charge in [-0.2, -0.15) is 0 Å². The summed E-state index contributed by atoms with van der Waals surface area (Å²) in [6, 6.07) is 13.0. The van der Waals surface area contributed by atoms with Crippen LogP contribution < -0.4 is 0 Å². The Hall–Kier alpha value is -2.17. The maximum atomic E-state index is 13.3. The van der Waals surface area contributed by atoms with E-state index in [0.29, 0.717) is 27.6 Å². The minimum atomic E-state index is -0.378. The molecule has 0 saturated heterocycles. The highest BCUT2D eigenvalue weighted by molar-refractivity contribution is 6.30. The quantitative estimate of drug-likeness (QED) is 0.785. The number of hydrogen-bond donors (Lipinski definition) is 1. The zero-order chi connectivity index (χ0) is 14.8. The number of aliphatic hydroxyl groups is 1. The van der Waals surface area contributed by atoms with Gasteiger partial charge in [0.1, 0.15) is 11.5 Å². The molecule has 0 saturated carbocycles. The first-order chi connectivity index (χ1) is 10.2. The SMILES string of the molecule is OCc1c(-c2cccc(Cl)c2)noc1-c1cccc(F)c1. The summed E-state index contributed by atoms with van der Waals surface area (Å²) in [4.78, 5) is 0. The smallest absolute Gasteiger partial charge is 0.173 e. The summed E-state index contributed by atoms with van der Waals surface area (Å²) in [6.45, 7) is -0.267. The van der Waals surface area contributed by atoms with Gasteiger partial charge >= 0.3 is 0 Å². The van der Waals surface area contributed by atoms with Gasteiger partial charge in [0.05, 0.1) is 12.2 Å². The molecule has 1 N–H and O–H groups in total. The van der Waals surface area contributed by atoms with E-state index in [-0.39, 0.29) is 12.4 Å². The highest BCUT2D eigenvalue weighted by atomic mass is 35.5. The third-order valence-corrected chi connectivity index (χ3v) is 3.37. The van der Waals surface area contributed by atoms with Crippen molar-refractivity contribution in [2.45, 2.75) is 6.61 Å². The molecule has 0 unspecified atom stereocenters. The topological polar surface area (TPSA) is 46.3 Å². The molecule has 0 aliphatic heterocycles. The lowest BCUT2D eigenvalue weighted by Crippen LogP contribution is -1.89. The summed E-state index contributed by atoms with van der Waals surface area (Å²) in [5.74, 6) is -0.0240. The first-order valence-corrected chi connectivity index (χ1v) is 6.68. The average molecular weight is 304 g/mol. The van der Waals surface area contributed by atoms with E-state index in [1.807, 2.05) is 6.07 Å². The Morgan fingerprint density at radius 1 is 1.10 bits per heavy atom. The molecule has 0 bridgehead atoms.